The maximum absolute atomic E-state index is 12.7. The van der Waals surface area contributed by atoms with Crippen LogP contribution in [-0.4, -0.2) is 31.2 Å². The number of hydrogen-bond acceptors (Lipinski definition) is 4. The van der Waals surface area contributed by atoms with E-state index in [-0.39, 0.29) is 12.5 Å². The van der Waals surface area contributed by atoms with E-state index in [1.54, 1.807) is 11.0 Å². The highest BCUT2D eigenvalue weighted by molar-refractivity contribution is 5.75. The van der Waals surface area contributed by atoms with Gasteiger partial charge < -0.3 is 9.64 Å². The highest BCUT2D eigenvalue weighted by Gasteiger charge is 2.11. The van der Waals surface area contributed by atoms with Crippen molar-refractivity contribution in [3.8, 4) is 0 Å². The van der Waals surface area contributed by atoms with Crippen molar-refractivity contribution < 1.29 is 13.9 Å². The molecule has 0 N–H and O–H groups in total. The van der Waals surface area contributed by atoms with Gasteiger partial charge in [0, 0.05) is 6.54 Å². The smallest absolute Gasteiger partial charge is 0.325 e. The lowest BCUT2D eigenvalue weighted by Gasteiger charge is -2.21. The quantitative estimate of drug-likeness (QED) is 0.715. The molecule has 1 aromatic rings. The van der Waals surface area contributed by atoms with Gasteiger partial charge in [-0.25, -0.2) is 9.37 Å². The molecule has 0 aliphatic rings. The summed E-state index contributed by atoms with van der Waals surface area (Å²) in [5, 5.41) is 0. The first-order valence-corrected chi connectivity index (χ1v) is 5.10. The third-order valence-electron chi connectivity index (χ3n) is 2.08. The third kappa shape index (κ3) is 3.49. The Morgan fingerprint density at radius 3 is 2.81 bits per heavy atom. The summed E-state index contributed by atoms with van der Waals surface area (Å²) in [7, 11) is 1.34. The van der Waals surface area contributed by atoms with E-state index in [2.05, 4.69) is 9.72 Å². The van der Waals surface area contributed by atoms with Gasteiger partial charge in [0.05, 0.1) is 13.3 Å². The molecule has 0 saturated carbocycles. The highest BCUT2D eigenvalue weighted by atomic mass is 19.1. The average molecular weight is 226 g/mol. The molecule has 0 aliphatic heterocycles. The molecule has 0 saturated heterocycles. The number of esters is 1. The molecule has 1 aromatic heterocycles. The summed E-state index contributed by atoms with van der Waals surface area (Å²) in [5.41, 5.74) is 0. The van der Waals surface area contributed by atoms with Gasteiger partial charge >= 0.3 is 5.97 Å². The molecule has 88 valence electrons. The second-order valence-corrected chi connectivity index (χ2v) is 3.33. The normalized spacial score (nSPS) is 9.94. The second-order valence-electron chi connectivity index (χ2n) is 3.33. The number of carbonyl (C=O) groups excluding carboxylic acids is 1. The monoisotopic (exact) mass is 226 g/mol. The molecule has 4 nitrogen and oxygen atoms in total. The summed E-state index contributed by atoms with van der Waals surface area (Å²) in [6.45, 7) is 2.80. The number of pyridine rings is 1. The van der Waals surface area contributed by atoms with Crippen LogP contribution in [0, 0.1) is 5.82 Å². The molecule has 0 aromatic carbocycles. The Balaban J connectivity index is 2.76. The first kappa shape index (κ1) is 12.4. The molecule has 0 unspecified atom stereocenters. The van der Waals surface area contributed by atoms with Crippen LogP contribution in [-0.2, 0) is 9.53 Å². The van der Waals surface area contributed by atoms with Crippen molar-refractivity contribution in [2.75, 3.05) is 25.1 Å². The van der Waals surface area contributed by atoms with Crippen molar-refractivity contribution in [2.45, 2.75) is 13.3 Å². The Labute approximate surface area is 94.0 Å². The number of rotatable bonds is 5. The van der Waals surface area contributed by atoms with Gasteiger partial charge in [-0.2, -0.15) is 0 Å². The Kier molecular flexibility index (Phi) is 4.69. The number of anilines is 1. The minimum atomic E-state index is -0.390. The molecule has 0 spiro atoms. The van der Waals surface area contributed by atoms with Gasteiger partial charge in [-0.1, -0.05) is 6.92 Å². The van der Waals surface area contributed by atoms with Crippen molar-refractivity contribution in [3.63, 3.8) is 0 Å². The van der Waals surface area contributed by atoms with Crippen molar-refractivity contribution in [2.24, 2.45) is 0 Å². The zero-order valence-corrected chi connectivity index (χ0v) is 9.44. The molecule has 0 amide bonds. The lowest BCUT2D eigenvalue weighted by molar-refractivity contribution is -0.138. The average Bonchev–Trinajstić information content (AvgIpc) is 2.29. The molecule has 16 heavy (non-hydrogen) atoms. The summed E-state index contributed by atoms with van der Waals surface area (Å²) in [6.07, 6.45) is 2.01. The minimum Gasteiger partial charge on any atom is -0.468 e. The minimum absolute atomic E-state index is 0.128. The zero-order chi connectivity index (χ0) is 12.0. The number of hydrogen-bond donors (Lipinski definition) is 0. The van der Waals surface area contributed by atoms with Gasteiger partial charge in [0.1, 0.15) is 18.2 Å². The van der Waals surface area contributed by atoms with E-state index in [1.165, 1.54) is 13.2 Å². The van der Waals surface area contributed by atoms with E-state index in [4.69, 9.17) is 0 Å². The van der Waals surface area contributed by atoms with Crippen molar-refractivity contribution >= 4 is 11.8 Å². The van der Waals surface area contributed by atoms with Crippen LogP contribution in [0.2, 0.25) is 0 Å². The number of nitrogens with zero attached hydrogens (tertiary/aromatic N) is 2. The van der Waals surface area contributed by atoms with Crippen LogP contribution in [0.3, 0.4) is 0 Å². The van der Waals surface area contributed by atoms with Crippen LogP contribution in [0.1, 0.15) is 13.3 Å². The fraction of sp³-hybridized carbons (Fsp3) is 0.455. The van der Waals surface area contributed by atoms with Gasteiger partial charge in [0.25, 0.3) is 0 Å². The fourth-order valence-corrected chi connectivity index (χ4v) is 1.32. The van der Waals surface area contributed by atoms with Gasteiger partial charge in [-0.05, 0) is 18.6 Å². The molecule has 0 aliphatic carbocycles. The van der Waals surface area contributed by atoms with Crippen LogP contribution in [0.5, 0.6) is 0 Å². The van der Waals surface area contributed by atoms with E-state index in [1.807, 2.05) is 6.92 Å². The Morgan fingerprint density at radius 2 is 2.31 bits per heavy atom. The molecule has 5 heteroatoms. The lowest BCUT2D eigenvalue weighted by atomic mass is 10.3. The molecule has 0 radical (unpaired) electrons. The van der Waals surface area contributed by atoms with E-state index >= 15 is 0 Å². The van der Waals surface area contributed by atoms with Crippen LogP contribution >= 0.6 is 0 Å². The molecular weight excluding hydrogens is 211 g/mol. The predicted molar refractivity (Wildman–Crippen MR) is 58.7 cm³/mol. The Hall–Kier alpha value is -1.65. The number of ether oxygens (including phenoxy) is 1. The lowest BCUT2D eigenvalue weighted by Crippen LogP contribution is -2.31. The van der Waals surface area contributed by atoms with E-state index in [0.717, 1.165) is 12.6 Å². The third-order valence-corrected chi connectivity index (χ3v) is 2.08. The van der Waals surface area contributed by atoms with Gasteiger partial charge in [-0.3, -0.25) is 4.79 Å². The number of methoxy groups -OCH3 is 1. The van der Waals surface area contributed by atoms with Gasteiger partial charge in [-0.15, -0.1) is 0 Å². The maximum Gasteiger partial charge on any atom is 0.325 e. The highest BCUT2D eigenvalue weighted by Crippen LogP contribution is 2.11. The van der Waals surface area contributed by atoms with Crippen LogP contribution < -0.4 is 4.90 Å². The SMILES string of the molecule is CCCN(CC(=O)OC)c1ccc(F)cn1. The van der Waals surface area contributed by atoms with Crippen molar-refractivity contribution in [3.05, 3.63) is 24.1 Å². The molecule has 0 bridgehead atoms. The molecule has 0 fully saturated rings. The summed E-state index contributed by atoms with van der Waals surface area (Å²) in [6, 6.07) is 2.87. The predicted octanol–water partition coefficient (Wildman–Crippen LogP) is 1.61. The van der Waals surface area contributed by atoms with Gasteiger partial charge in [0.15, 0.2) is 0 Å². The number of halogens is 1. The summed E-state index contributed by atoms with van der Waals surface area (Å²) in [5.74, 6) is -0.147. The first-order chi connectivity index (χ1) is 7.67. The van der Waals surface area contributed by atoms with E-state index in [0.29, 0.717) is 12.4 Å². The Morgan fingerprint density at radius 1 is 1.56 bits per heavy atom. The first-order valence-electron chi connectivity index (χ1n) is 5.10. The number of carbonyl (C=O) groups is 1. The summed E-state index contributed by atoms with van der Waals surface area (Å²) < 4.78 is 17.3. The van der Waals surface area contributed by atoms with Crippen LogP contribution in [0.15, 0.2) is 18.3 Å². The standard InChI is InChI=1S/C11H15FN2O2/c1-3-6-14(8-11(15)16-2)10-5-4-9(12)7-13-10/h4-5,7H,3,6,8H2,1-2H3. The second kappa shape index (κ2) is 6.05. The van der Waals surface area contributed by atoms with E-state index < -0.39 is 5.82 Å². The van der Waals surface area contributed by atoms with E-state index in [9.17, 15) is 9.18 Å². The molecule has 0 atom stereocenters. The molecule has 1 rings (SSSR count). The van der Waals surface area contributed by atoms with Crippen LogP contribution in [0.25, 0.3) is 0 Å². The fourth-order valence-electron chi connectivity index (χ4n) is 1.32. The summed E-state index contributed by atoms with van der Waals surface area (Å²) in [4.78, 5) is 16.9. The Bertz CT molecular complexity index is 340. The van der Waals surface area contributed by atoms with Crippen LogP contribution in [0.4, 0.5) is 10.2 Å². The topological polar surface area (TPSA) is 42.4 Å². The largest absolute Gasteiger partial charge is 0.468 e. The maximum atomic E-state index is 12.7. The van der Waals surface area contributed by atoms with Gasteiger partial charge in [0.2, 0.25) is 0 Å². The van der Waals surface area contributed by atoms with Crippen molar-refractivity contribution in [1.82, 2.24) is 4.98 Å². The zero-order valence-electron chi connectivity index (χ0n) is 9.44. The number of aromatic nitrogens is 1. The summed E-state index contributed by atoms with van der Waals surface area (Å²) >= 11 is 0. The molecule has 1 heterocycles. The molecular formula is C11H15FN2O2. The van der Waals surface area contributed by atoms with Crippen molar-refractivity contribution in [1.29, 1.82) is 0 Å².